The average Bonchev–Trinajstić information content (AvgIpc) is 3.38. The van der Waals surface area contributed by atoms with Crippen molar-refractivity contribution in [1.82, 2.24) is 0 Å². The molecule has 3 aromatic rings. The summed E-state index contributed by atoms with van der Waals surface area (Å²) in [5, 5.41) is 9.50. The molecule has 1 aliphatic carbocycles. The molecule has 2 unspecified atom stereocenters. The lowest BCUT2D eigenvalue weighted by Gasteiger charge is -2.13. The molecule has 0 saturated heterocycles. The van der Waals surface area contributed by atoms with Crippen LogP contribution < -0.4 is 10.6 Å². The molecule has 1 aliphatic rings. The van der Waals surface area contributed by atoms with Gasteiger partial charge in [0.1, 0.15) is 10.0 Å². The summed E-state index contributed by atoms with van der Waals surface area (Å²) in [4.78, 5) is 36.9. The van der Waals surface area contributed by atoms with Crippen molar-refractivity contribution >= 4 is 86.9 Å². The summed E-state index contributed by atoms with van der Waals surface area (Å²) in [6, 6.07) is 12.7. The number of anilines is 2. The van der Waals surface area contributed by atoms with Crippen molar-refractivity contribution in [1.29, 1.82) is 0 Å². The van der Waals surface area contributed by atoms with Gasteiger partial charge in [0.2, 0.25) is 5.91 Å². The Morgan fingerprint density at radius 1 is 0.889 bits per heavy atom. The quantitative estimate of drug-likeness (QED) is 0.225. The lowest BCUT2D eigenvalue weighted by molar-refractivity contribution is -0.117. The van der Waals surface area contributed by atoms with E-state index in [9.17, 15) is 14.5 Å². The molecular weight excluding hydrogens is 568 g/mol. The molecule has 0 aromatic heterocycles. The Hall–Kier alpha value is -2.35. The van der Waals surface area contributed by atoms with Crippen LogP contribution in [-0.2, 0) is 4.79 Å². The van der Waals surface area contributed by atoms with Gasteiger partial charge in [-0.1, -0.05) is 34.8 Å². The summed E-state index contributed by atoms with van der Waals surface area (Å²) < 4.78 is -1.34. The predicted molar refractivity (Wildman–Crippen MR) is 147 cm³/mol. The monoisotopic (exact) mass is 583 g/mol. The van der Waals surface area contributed by atoms with E-state index in [4.69, 9.17) is 58.0 Å². The Kier molecular flexibility index (Phi) is 7.56. The van der Waals surface area contributed by atoms with E-state index >= 15 is 0 Å². The van der Waals surface area contributed by atoms with E-state index in [1.165, 1.54) is 12.1 Å². The van der Waals surface area contributed by atoms with Crippen LogP contribution >= 0.6 is 58.0 Å². The highest BCUT2D eigenvalue weighted by Crippen LogP contribution is 2.65. The lowest BCUT2D eigenvalue weighted by atomic mass is 10.1. The molecule has 2 amide bonds. The number of benzene rings is 3. The first-order valence-electron chi connectivity index (χ1n) is 10.6. The molecular formula is C25H18Cl5N3O3. The van der Waals surface area contributed by atoms with Crippen molar-refractivity contribution < 1.29 is 9.59 Å². The molecule has 186 valence electrons. The highest BCUT2D eigenvalue weighted by Gasteiger charge is 2.67. The first-order valence-corrected chi connectivity index (χ1v) is 12.5. The molecule has 4 rings (SSSR count). The summed E-state index contributed by atoms with van der Waals surface area (Å²) in [5.41, 5.74) is 3.19. The van der Waals surface area contributed by atoms with Gasteiger partial charge in [-0.25, -0.2) is 0 Å². The predicted octanol–water partition coefficient (Wildman–Crippen LogP) is 8.44. The number of nitrogens with one attached hydrogen (secondary N) is 2. The fraction of sp³-hybridized carbons (Fsp3) is 0.200. The molecule has 0 aliphatic heterocycles. The van der Waals surface area contributed by atoms with Crippen molar-refractivity contribution in [3.63, 3.8) is 0 Å². The second kappa shape index (κ2) is 10.2. The number of nitroso groups, excluding NO2 is 1. The van der Waals surface area contributed by atoms with Crippen molar-refractivity contribution in [3.8, 4) is 0 Å². The van der Waals surface area contributed by atoms with Gasteiger partial charge >= 0.3 is 0 Å². The van der Waals surface area contributed by atoms with Crippen LogP contribution in [0.25, 0.3) is 0 Å². The van der Waals surface area contributed by atoms with Crippen LogP contribution in [0, 0.1) is 24.7 Å². The van der Waals surface area contributed by atoms with E-state index in [1.807, 2.05) is 0 Å². The molecule has 2 atom stereocenters. The number of carbonyl (C=O) groups excluding carboxylic acids is 2. The van der Waals surface area contributed by atoms with Crippen LogP contribution in [0.2, 0.25) is 15.1 Å². The van der Waals surface area contributed by atoms with Gasteiger partial charge in [0, 0.05) is 27.3 Å². The van der Waals surface area contributed by atoms with Crippen LogP contribution in [0.5, 0.6) is 0 Å². The highest BCUT2D eigenvalue weighted by molar-refractivity contribution is 6.53. The second-order valence-electron chi connectivity index (χ2n) is 8.52. The van der Waals surface area contributed by atoms with Crippen LogP contribution in [-0.4, -0.2) is 16.1 Å². The number of rotatable bonds is 6. The zero-order valence-electron chi connectivity index (χ0n) is 18.8. The summed E-state index contributed by atoms with van der Waals surface area (Å²) in [5.74, 6) is -2.20. The van der Waals surface area contributed by atoms with Gasteiger partial charge in [0.25, 0.3) is 5.91 Å². The summed E-state index contributed by atoms with van der Waals surface area (Å²) in [7, 11) is 0. The van der Waals surface area contributed by atoms with E-state index in [1.54, 1.807) is 50.2 Å². The van der Waals surface area contributed by atoms with Crippen molar-refractivity contribution in [2.45, 2.75) is 24.1 Å². The first-order chi connectivity index (χ1) is 16.9. The van der Waals surface area contributed by atoms with Gasteiger partial charge in [0.05, 0.1) is 16.5 Å². The molecule has 2 N–H and O–H groups in total. The fourth-order valence-corrected chi connectivity index (χ4v) is 5.62. The normalized spacial score (nSPS) is 17.9. The first kappa shape index (κ1) is 26.7. The highest BCUT2D eigenvalue weighted by atomic mass is 35.5. The number of nitrogens with zero attached hydrogens (tertiary/aromatic N) is 1. The summed E-state index contributed by atoms with van der Waals surface area (Å²) >= 11 is 31.3. The maximum absolute atomic E-state index is 13.0. The lowest BCUT2D eigenvalue weighted by Crippen LogP contribution is -2.18. The third-order valence-electron chi connectivity index (χ3n) is 5.95. The van der Waals surface area contributed by atoms with Crippen LogP contribution in [0.3, 0.4) is 0 Å². The van der Waals surface area contributed by atoms with E-state index in [0.717, 1.165) is 0 Å². The smallest absolute Gasteiger partial charge is 0.257 e. The van der Waals surface area contributed by atoms with Gasteiger partial charge in [-0.3, -0.25) is 9.59 Å². The second-order valence-corrected chi connectivity index (χ2v) is 11.2. The van der Waals surface area contributed by atoms with Gasteiger partial charge < -0.3 is 10.6 Å². The van der Waals surface area contributed by atoms with Crippen molar-refractivity contribution in [2.75, 3.05) is 10.6 Å². The van der Waals surface area contributed by atoms with Crippen LogP contribution in [0.15, 0.2) is 53.7 Å². The number of alkyl halides is 2. The summed E-state index contributed by atoms with van der Waals surface area (Å²) in [6.07, 6.45) is 0. The Morgan fingerprint density at radius 2 is 1.56 bits per heavy atom. The number of hydrogen-bond acceptors (Lipinski definition) is 4. The number of carbonyl (C=O) groups is 2. The van der Waals surface area contributed by atoms with Gasteiger partial charge in [0.15, 0.2) is 0 Å². The maximum Gasteiger partial charge on any atom is 0.257 e. The molecule has 1 saturated carbocycles. The molecule has 0 spiro atoms. The molecule has 0 bridgehead atoms. The fourth-order valence-electron chi connectivity index (χ4n) is 4.04. The molecule has 11 heteroatoms. The largest absolute Gasteiger partial charge is 0.326 e. The standard InChI is InChI=1S/C25H18Cl5N3O3/c1-11-6-20(33-36)12(2)5-19(11)32-23(34)17-10-16(3-4-18(17)28)31-24(35)22-21(25(22,29)30)13-7-14(26)9-15(27)8-13/h3-10,21-22H,1-2H3,(H,31,35)(H,32,34). The SMILES string of the molecule is Cc1cc(NC(=O)c2cc(NC(=O)C3C(c4cc(Cl)cc(Cl)c4)C3(Cl)Cl)ccc2Cl)c(C)cc1N=O. The van der Waals surface area contributed by atoms with Crippen molar-refractivity contribution in [3.05, 3.63) is 90.8 Å². The molecule has 1 fully saturated rings. The molecule has 0 heterocycles. The van der Waals surface area contributed by atoms with E-state index in [2.05, 4.69) is 15.8 Å². The zero-order valence-corrected chi connectivity index (χ0v) is 22.6. The van der Waals surface area contributed by atoms with Gasteiger partial charge in [-0.2, -0.15) is 0 Å². The Balaban J connectivity index is 1.52. The minimum absolute atomic E-state index is 0.140. The van der Waals surface area contributed by atoms with E-state index in [-0.39, 0.29) is 10.6 Å². The Labute approximate surface area is 232 Å². The Morgan fingerprint density at radius 3 is 2.19 bits per heavy atom. The number of halogens is 5. The van der Waals surface area contributed by atoms with E-state index < -0.39 is 28.0 Å². The minimum atomic E-state index is -1.34. The number of aryl methyl sites for hydroxylation is 2. The maximum atomic E-state index is 13.0. The Bertz CT molecular complexity index is 1390. The molecule has 3 aromatic carbocycles. The third kappa shape index (κ3) is 5.34. The zero-order chi connectivity index (χ0) is 26.4. The molecule has 36 heavy (non-hydrogen) atoms. The van der Waals surface area contributed by atoms with Gasteiger partial charge in [-0.15, -0.1) is 28.1 Å². The van der Waals surface area contributed by atoms with E-state index in [0.29, 0.717) is 43.8 Å². The number of amides is 2. The van der Waals surface area contributed by atoms with Gasteiger partial charge in [-0.05, 0) is 84.2 Å². The number of hydrogen-bond donors (Lipinski definition) is 2. The van der Waals surface area contributed by atoms with Crippen LogP contribution in [0.1, 0.15) is 33.0 Å². The minimum Gasteiger partial charge on any atom is -0.326 e. The molecule has 6 nitrogen and oxygen atoms in total. The summed E-state index contributed by atoms with van der Waals surface area (Å²) in [6.45, 7) is 3.46. The van der Waals surface area contributed by atoms with Crippen LogP contribution in [0.4, 0.5) is 17.1 Å². The topological polar surface area (TPSA) is 87.6 Å². The average molecular weight is 586 g/mol. The third-order valence-corrected chi connectivity index (χ3v) is 7.65. The molecule has 0 radical (unpaired) electrons. The van der Waals surface area contributed by atoms with Crippen molar-refractivity contribution in [2.24, 2.45) is 11.1 Å².